The SMILES string of the molecule is C=C/C=C(\C=C)NNc1cc(Cl)ncc1C(=O)OC. The zero-order valence-electron chi connectivity index (χ0n) is 10.4. The highest BCUT2D eigenvalue weighted by molar-refractivity contribution is 6.29. The molecule has 0 amide bonds. The fourth-order valence-electron chi connectivity index (χ4n) is 1.23. The van der Waals surface area contributed by atoms with Crippen molar-refractivity contribution in [1.82, 2.24) is 10.4 Å². The number of aromatic nitrogens is 1. The number of allylic oxidation sites excluding steroid dienone is 3. The molecule has 100 valence electrons. The molecule has 0 unspecified atom stereocenters. The number of carbonyl (C=O) groups is 1. The normalized spacial score (nSPS) is 10.5. The number of hydrogen-bond donors (Lipinski definition) is 2. The number of carbonyl (C=O) groups excluding carboxylic acids is 1. The van der Waals surface area contributed by atoms with Crippen molar-refractivity contribution in [3.63, 3.8) is 0 Å². The minimum atomic E-state index is -0.513. The van der Waals surface area contributed by atoms with Crippen LogP contribution in [-0.2, 0) is 4.74 Å². The summed E-state index contributed by atoms with van der Waals surface area (Å²) >= 11 is 5.79. The van der Waals surface area contributed by atoms with Crippen LogP contribution < -0.4 is 10.9 Å². The molecule has 1 aromatic rings. The fourth-order valence-corrected chi connectivity index (χ4v) is 1.39. The first kappa shape index (κ1) is 14.8. The zero-order valence-corrected chi connectivity index (χ0v) is 11.2. The van der Waals surface area contributed by atoms with Crippen LogP contribution in [0.5, 0.6) is 0 Å². The Morgan fingerprint density at radius 3 is 2.84 bits per heavy atom. The Hall–Kier alpha value is -2.27. The lowest BCUT2D eigenvalue weighted by atomic mass is 10.2. The molecule has 0 atom stereocenters. The molecule has 2 N–H and O–H groups in total. The smallest absolute Gasteiger partial charge is 0.341 e. The fraction of sp³-hybridized carbons (Fsp3) is 0.0769. The van der Waals surface area contributed by atoms with E-state index in [2.05, 4.69) is 33.7 Å². The topological polar surface area (TPSA) is 63.2 Å². The molecule has 0 aliphatic rings. The third-order valence-corrected chi connectivity index (χ3v) is 2.34. The zero-order chi connectivity index (χ0) is 14.3. The molecule has 0 aliphatic heterocycles. The summed E-state index contributed by atoms with van der Waals surface area (Å²) in [5, 5.41) is 0.254. The minimum absolute atomic E-state index is 0.254. The second kappa shape index (κ2) is 7.23. The van der Waals surface area contributed by atoms with Gasteiger partial charge in [-0.2, -0.15) is 0 Å². The number of ether oxygens (including phenoxy) is 1. The lowest BCUT2D eigenvalue weighted by Crippen LogP contribution is -2.22. The van der Waals surface area contributed by atoms with Crippen molar-refractivity contribution in [2.24, 2.45) is 0 Å². The van der Waals surface area contributed by atoms with Crippen molar-refractivity contribution >= 4 is 23.3 Å². The van der Waals surface area contributed by atoms with Crippen molar-refractivity contribution in [2.45, 2.75) is 0 Å². The van der Waals surface area contributed by atoms with Gasteiger partial charge >= 0.3 is 5.97 Å². The predicted molar refractivity (Wildman–Crippen MR) is 75.8 cm³/mol. The first-order valence-electron chi connectivity index (χ1n) is 5.33. The molecule has 1 rings (SSSR count). The predicted octanol–water partition coefficient (Wildman–Crippen LogP) is 2.69. The second-order valence-electron chi connectivity index (χ2n) is 3.36. The number of nitrogens with zero attached hydrogens (tertiary/aromatic N) is 1. The maximum Gasteiger partial charge on any atom is 0.341 e. The molecule has 1 aromatic heterocycles. The van der Waals surface area contributed by atoms with Gasteiger partial charge in [-0.25, -0.2) is 9.78 Å². The Labute approximate surface area is 116 Å². The van der Waals surface area contributed by atoms with Crippen molar-refractivity contribution in [3.8, 4) is 0 Å². The van der Waals surface area contributed by atoms with E-state index in [0.29, 0.717) is 11.4 Å². The molecular formula is C13H14ClN3O2. The van der Waals surface area contributed by atoms with E-state index >= 15 is 0 Å². The van der Waals surface area contributed by atoms with E-state index in [-0.39, 0.29) is 10.7 Å². The monoisotopic (exact) mass is 279 g/mol. The van der Waals surface area contributed by atoms with Gasteiger partial charge in [0.05, 0.1) is 18.5 Å². The van der Waals surface area contributed by atoms with Crippen molar-refractivity contribution in [2.75, 3.05) is 12.5 Å². The quantitative estimate of drug-likeness (QED) is 0.363. The number of halogens is 1. The highest BCUT2D eigenvalue weighted by atomic mass is 35.5. The number of hydrazine groups is 1. The van der Waals surface area contributed by atoms with Crippen molar-refractivity contribution < 1.29 is 9.53 Å². The third kappa shape index (κ3) is 4.15. The Morgan fingerprint density at radius 2 is 2.26 bits per heavy atom. The molecule has 0 bridgehead atoms. The Bertz CT molecular complexity index is 527. The van der Waals surface area contributed by atoms with Gasteiger partial charge in [0.2, 0.25) is 0 Å². The first-order chi connectivity index (χ1) is 9.12. The van der Waals surface area contributed by atoms with Gasteiger partial charge in [-0.1, -0.05) is 30.8 Å². The maximum absolute atomic E-state index is 11.6. The van der Waals surface area contributed by atoms with E-state index in [9.17, 15) is 4.79 Å². The molecule has 0 aliphatic carbocycles. The largest absolute Gasteiger partial charge is 0.465 e. The summed E-state index contributed by atoms with van der Waals surface area (Å²) in [5.41, 5.74) is 7.10. The van der Waals surface area contributed by atoms with E-state index in [1.54, 1.807) is 18.2 Å². The average Bonchev–Trinajstić information content (AvgIpc) is 2.42. The average molecular weight is 280 g/mol. The summed E-state index contributed by atoms with van der Waals surface area (Å²) in [6.07, 6.45) is 6.24. The van der Waals surface area contributed by atoms with E-state index in [1.807, 2.05) is 0 Å². The van der Waals surface area contributed by atoms with Crippen LogP contribution >= 0.6 is 11.6 Å². The molecule has 0 saturated carbocycles. The van der Waals surface area contributed by atoms with Gasteiger partial charge < -0.3 is 10.2 Å². The van der Waals surface area contributed by atoms with Crippen molar-refractivity contribution in [1.29, 1.82) is 0 Å². The van der Waals surface area contributed by atoms with E-state index in [1.165, 1.54) is 19.4 Å². The van der Waals surface area contributed by atoms with Crippen LogP contribution in [0.4, 0.5) is 5.69 Å². The van der Waals surface area contributed by atoms with Gasteiger partial charge in [0.25, 0.3) is 0 Å². The summed E-state index contributed by atoms with van der Waals surface area (Å²) in [6.45, 7) is 7.21. The number of nitrogens with one attached hydrogen (secondary N) is 2. The second-order valence-corrected chi connectivity index (χ2v) is 3.74. The van der Waals surface area contributed by atoms with Crippen LogP contribution in [-0.4, -0.2) is 18.1 Å². The number of methoxy groups -OCH3 is 1. The molecule has 6 heteroatoms. The van der Waals surface area contributed by atoms with E-state index in [0.717, 1.165) is 0 Å². The molecular weight excluding hydrogens is 266 g/mol. The molecule has 1 heterocycles. The number of rotatable bonds is 6. The molecule has 0 fully saturated rings. The number of pyridine rings is 1. The summed E-state index contributed by atoms with van der Waals surface area (Å²) < 4.78 is 4.66. The minimum Gasteiger partial charge on any atom is -0.465 e. The molecule has 0 radical (unpaired) electrons. The summed E-state index contributed by atoms with van der Waals surface area (Å²) in [6, 6.07) is 1.51. The molecule has 0 saturated heterocycles. The number of hydrogen-bond acceptors (Lipinski definition) is 5. The summed E-state index contributed by atoms with van der Waals surface area (Å²) in [4.78, 5) is 15.4. The Morgan fingerprint density at radius 1 is 1.53 bits per heavy atom. The van der Waals surface area contributed by atoms with Crippen molar-refractivity contribution in [3.05, 3.63) is 60.1 Å². The van der Waals surface area contributed by atoms with Gasteiger partial charge in [0, 0.05) is 12.3 Å². The Balaban J connectivity index is 2.96. The van der Waals surface area contributed by atoms with Gasteiger partial charge in [-0.15, -0.1) is 0 Å². The third-order valence-electron chi connectivity index (χ3n) is 2.13. The van der Waals surface area contributed by atoms with Crippen LogP contribution in [0.3, 0.4) is 0 Å². The maximum atomic E-state index is 11.6. The Kier molecular flexibility index (Phi) is 5.63. The van der Waals surface area contributed by atoms with Crippen LogP contribution in [0.15, 0.2) is 49.3 Å². The molecule has 0 spiro atoms. The van der Waals surface area contributed by atoms with E-state index in [4.69, 9.17) is 11.6 Å². The standard InChI is InChI=1S/C13H14ClN3O2/c1-4-6-9(5-2)16-17-11-7-12(14)15-8-10(11)13(18)19-3/h4-8,16H,1-2H2,3H3,(H,15,17)/b9-6+. The number of esters is 1. The first-order valence-corrected chi connectivity index (χ1v) is 5.71. The molecule has 5 nitrogen and oxygen atoms in total. The highest BCUT2D eigenvalue weighted by Crippen LogP contribution is 2.19. The van der Waals surface area contributed by atoms with Gasteiger partial charge in [0.15, 0.2) is 0 Å². The lowest BCUT2D eigenvalue weighted by Gasteiger charge is -2.13. The van der Waals surface area contributed by atoms with Crippen LogP contribution in [0, 0.1) is 0 Å². The van der Waals surface area contributed by atoms with Crippen LogP contribution in [0.2, 0.25) is 5.15 Å². The summed E-state index contributed by atoms with van der Waals surface area (Å²) in [5.74, 6) is -0.513. The van der Waals surface area contributed by atoms with Gasteiger partial charge in [-0.3, -0.25) is 5.43 Å². The molecule has 19 heavy (non-hydrogen) atoms. The van der Waals surface area contributed by atoms with Crippen LogP contribution in [0.25, 0.3) is 0 Å². The number of anilines is 1. The lowest BCUT2D eigenvalue weighted by molar-refractivity contribution is 0.0601. The van der Waals surface area contributed by atoms with E-state index < -0.39 is 5.97 Å². The highest BCUT2D eigenvalue weighted by Gasteiger charge is 2.13. The van der Waals surface area contributed by atoms with Gasteiger partial charge in [-0.05, 0) is 12.2 Å². The summed E-state index contributed by atoms with van der Waals surface area (Å²) in [7, 11) is 1.29. The molecule has 0 aromatic carbocycles. The van der Waals surface area contributed by atoms with Crippen LogP contribution in [0.1, 0.15) is 10.4 Å². The van der Waals surface area contributed by atoms with Gasteiger partial charge in [0.1, 0.15) is 10.7 Å².